The van der Waals surface area contributed by atoms with Crippen molar-refractivity contribution in [3.63, 3.8) is 0 Å². The summed E-state index contributed by atoms with van der Waals surface area (Å²) >= 11 is 10.2. The average molecular weight is 511 g/mol. The van der Waals surface area contributed by atoms with E-state index in [9.17, 15) is 14.0 Å². The minimum atomic E-state index is -0.499. The van der Waals surface area contributed by atoms with Crippen molar-refractivity contribution in [1.29, 1.82) is 0 Å². The second kappa shape index (κ2) is 9.56. The van der Waals surface area contributed by atoms with Crippen molar-refractivity contribution in [2.24, 2.45) is 0 Å². The molecule has 2 amide bonds. The molecule has 2 aromatic rings. The maximum atomic E-state index is 13.3. The number of amides is 2. The van der Waals surface area contributed by atoms with Gasteiger partial charge in [-0.1, -0.05) is 39.5 Å². The number of terminal acetylenes is 1. The van der Waals surface area contributed by atoms with Crippen LogP contribution in [0.2, 0.25) is 5.02 Å². The van der Waals surface area contributed by atoms with E-state index in [1.54, 1.807) is 12.1 Å². The minimum Gasteiger partial charge on any atom is -0.493 e. The van der Waals surface area contributed by atoms with E-state index in [0.29, 0.717) is 27.1 Å². The van der Waals surface area contributed by atoms with Crippen LogP contribution < -0.4 is 9.47 Å². The molecule has 1 fully saturated rings. The molecule has 1 heterocycles. The van der Waals surface area contributed by atoms with Crippen LogP contribution in [0.4, 0.5) is 9.18 Å². The highest BCUT2D eigenvalue weighted by atomic mass is 79.9. The maximum Gasteiger partial charge on any atom is 0.293 e. The molecule has 1 aliphatic heterocycles. The van der Waals surface area contributed by atoms with Crippen molar-refractivity contribution < 1.29 is 23.5 Å². The summed E-state index contributed by atoms with van der Waals surface area (Å²) in [5.74, 6) is 2.16. The van der Waals surface area contributed by atoms with Crippen LogP contribution in [0.5, 0.6) is 11.5 Å². The molecule has 2 aromatic carbocycles. The first kappa shape index (κ1) is 22.2. The second-order valence-electron chi connectivity index (χ2n) is 6.02. The van der Waals surface area contributed by atoms with Crippen molar-refractivity contribution in [2.75, 3.05) is 13.7 Å². The van der Waals surface area contributed by atoms with E-state index >= 15 is 0 Å². The Morgan fingerprint density at radius 1 is 1.33 bits per heavy atom. The number of halogens is 3. The normalized spacial score (nSPS) is 14.9. The lowest BCUT2D eigenvalue weighted by Gasteiger charge is -2.14. The van der Waals surface area contributed by atoms with Crippen LogP contribution in [-0.2, 0) is 11.3 Å². The van der Waals surface area contributed by atoms with E-state index in [2.05, 4.69) is 21.9 Å². The number of imide groups is 1. The molecule has 1 aliphatic rings. The summed E-state index contributed by atoms with van der Waals surface area (Å²) in [5.41, 5.74) is 0.977. The molecule has 0 aliphatic carbocycles. The maximum absolute atomic E-state index is 13.3. The number of nitrogens with zero attached hydrogens (tertiary/aromatic N) is 1. The van der Waals surface area contributed by atoms with Crippen LogP contribution >= 0.6 is 39.3 Å². The van der Waals surface area contributed by atoms with Crippen LogP contribution in [-0.4, -0.2) is 29.8 Å². The lowest BCUT2D eigenvalue weighted by Crippen LogP contribution is -2.27. The van der Waals surface area contributed by atoms with Crippen LogP contribution in [0, 0.1) is 18.2 Å². The summed E-state index contributed by atoms with van der Waals surface area (Å²) in [5, 5.41) is -0.320. The smallest absolute Gasteiger partial charge is 0.293 e. The molecule has 0 bridgehead atoms. The Labute approximate surface area is 190 Å². The fourth-order valence-corrected chi connectivity index (χ4v) is 4.22. The van der Waals surface area contributed by atoms with Gasteiger partial charge in [0, 0.05) is 15.1 Å². The van der Waals surface area contributed by atoms with E-state index in [-0.39, 0.29) is 23.1 Å². The Morgan fingerprint density at radius 2 is 2.10 bits per heavy atom. The molecular formula is C21H14BrClFNO4S. The number of benzene rings is 2. The Morgan fingerprint density at radius 3 is 2.77 bits per heavy atom. The number of hydrogen-bond donors (Lipinski definition) is 0. The Balaban J connectivity index is 1.93. The third kappa shape index (κ3) is 4.81. The topological polar surface area (TPSA) is 55.8 Å². The predicted octanol–water partition coefficient (Wildman–Crippen LogP) is 5.50. The molecule has 0 atom stereocenters. The van der Waals surface area contributed by atoms with Crippen LogP contribution in [0.1, 0.15) is 11.1 Å². The van der Waals surface area contributed by atoms with Gasteiger partial charge in [-0.05, 0) is 47.7 Å². The van der Waals surface area contributed by atoms with Gasteiger partial charge in [0.05, 0.1) is 18.6 Å². The molecule has 0 N–H and O–H groups in total. The van der Waals surface area contributed by atoms with Gasteiger partial charge in [-0.3, -0.25) is 14.5 Å². The number of ether oxygens (including phenoxy) is 2. The van der Waals surface area contributed by atoms with Gasteiger partial charge in [0.1, 0.15) is 12.4 Å². The SMILES string of the molecule is C#CCOc1c(/C=C2/SC(=O)N(Cc3ccc(F)cc3Cl)C2=O)cc(Br)cc1OC. The number of methoxy groups -OCH3 is 1. The number of thioether (sulfide) groups is 1. The largest absolute Gasteiger partial charge is 0.493 e. The van der Waals surface area contributed by atoms with E-state index in [4.69, 9.17) is 27.5 Å². The molecule has 154 valence electrons. The molecule has 30 heavy (non-hydrogen) atoms. The summed E-state index contributed by atoms with van der Waals surface area (Å²) in [7, 11) is 1.48. The van der Waals surface area contributed by atoms with Crippen LogP contribution in [0.15, 0.2) is 39.7 Å². The fourth-order valence-electron chi connectivity index (χ4n) is 2.71. The molecule has 0 spiro atoms. The quantitative estimate of drug-likeness (QED) is 0.379. The first-order chi connectivity index (χ1) is 14.3. The standard InChI is InChI=1S/C21H14BrClFNO4S/c1-3-6-29-19-13(7-14(22)9-17(19)28-2)8-18-20(26)25(21(27)30-18)11-12-4-5-15(24)10-16(12)23/h1,4-5,7-10H,6,11H2,2H3/b18-8+. The van der Waals surface area contributed by atoms with Gasteiger partial charge in [0.15, 0.2) is 11.5 Å². The lowest BCUT2D eigenvalue weighted by atomic mass is 10.1. The summed E-state index contributed by atoms with van der Waals surface area (Å²) in [4.78, 5) is 26.5. The third-order valence-electron chi connectivity index (χ3n) is 4.07. The zero-order valence-corrected chi connectivity index (χ0v) is 18.7. The molecule has 0 unspecified atom stereocenters. The van der Waals surface area contributed by atoms with Crippen molar-refractivity contribution in [3.8, 4) is 23.8 Å². The fraction of sp³-hybridized carbons (Fsp3) is 0.143. The Hall–Kier alpha value is -2.47. The zero-order chi connectivity index (χ0) is 21.8. The van der Waals surface area contributed by atoms with Crippen LogP contribution in [0.3, 0.4) is 0 Å². The number of hydrogen-bond acceptors (Lipinski definition) is 5. The predicted molar refractivity (Wildman–Crippen MR) is 118 cm³/mol. The minimum absolute atomic E-state index is 0.00335. The summed E-state index contributed by atoms with van der Waals surface area (Å²) < 4.78 is 24.9. The van der Waals surface area contributed by atoms with Gasteiger partial charge in [-0.2, -0.15) is 0 Å². The summed E-state index contributed by atoms with van der Waals surface area (Å²) in [6.07, 6.45) is 6.82. The zero-order valence-electron chi connectivity index (χ0n) is 15.6. The van der Waals surface area contributed by atoms with Crippen molar-refractivity contribution in [2.45, 2.75) is 6.54 Å². The highest BCUT2D eigenvalue weighted by Crippen LogP contribution is 2.40. The first-order valence-electron chi connectivity index (χ1n) is 8.47. The van der Waals surface area contributed by atoms with Gasteiger partial charge < -0.3 is 9.47 Å². The third-order valence-corrected chi connectivity index (χ3v) is 5.79. The summed E-state index contributed by atoms with van der Waals surface area (Å²) in [6, 6.07) is 7.22. The number of rotatable bonds is 6. The van der Waals surface area contributed by atoms with Gasteiger partial charge >= 0.3 is 0 Å². The molecule has 0 aromatic heterocycles. The van der Waals surface area contributed by atoms with Crippen molar-refractivity contribution in [3.05, 3.63) is 61.7 Å². The van der Waals surface area contributed by atoms with E-state index in [1.807, 2.05) is 0 Å². The van der Waals surface area contributed by atoms with Gasteiger partial charge in [-0.25, -0.2) is 4.39 Å². The van der Waals surface area contributed by atoms with Gasteiger partial charge in [0.2, 0.25) is 0 Å². The van der Waals surface area contributed by atoms with E-state index < -0.39 is 17.0 Å². The van der Waals surface area contributed by atoms with Crippen molar-refractivity contribution in [1.82, 2.24) is 4.90 Å². The molecule has 9 heteroatoms. The molecule has 3 rings (SSSR count). The highest BCUT2D eigenvalue weighted by molar-refractivity contribution is 9.10. The Kier molecular flexibility index (Phi) is 7.08. The van der Waals surface area contributed by atoms with E-state index in [1.165, 1.54) is 25.3 Å². The van der Waals surface area contributed by atoms with E-state index in [0.717, 1.165) is 22.7 Å². The molecule has 1 saturated heterocycles. The highest BCUT2D eigenvalue weighted by Gasteiger charge is 2.35. The van der Waals surface area contributed by atoms with Crippen LogP contribution in [0.25, 0.3) is 6.08 Å². The number of carbonyl (C=O) groups excluding carboxylic acids is 2. The van der Waals surface area contributed by atoms with Gasteiger partial charge in [0.25, 0.3) is 11.1 Å². The lowest BCUT2D eigenvalue weighted by molar-refractivity contribution is -0.123. The molecule has 0 radical (unpaired) electrons. The van der Waals surface area contributed by atoms with Gasteiger partial charge in [-0.15, -0.1) is 6.42 Å². The number of carbonyl (C=O) groups is 2. The Bertz CT molecular complexity index is 1100. The summed E-state index contributed by atoms with van der Waals surface area (Å²) in [6.45, 7) is -0.0627. The molecular weight excluding hydrogens is 497 g/mol. The monoisotopic (exact) mass is 509 g/mol. The molecule has 0 saturated carbocycles. The average Bonchev–Trinajstić information content (AvgIpc) is 2.96. The second-order valence-corrected chi connectivity index (χ2v) is 8.34. The first-order valence-corrected chi connectivity index (χ1v) is 10.5. The van der Waals surface area contributed by atoms with Crippen molar-refractivity contribution >= 4 is 56.5 Å². The molecule has 5 nitrogen and oxygen atoms in total.